The van der Waals surface area contributed by atoms with Crippen molar-refractivity contribution in [3.63, 3.8) is 0 Å². The third kappa shape index (κ3) is 7.33. The molecule has 0 spiro atoms. The molecule has 30 heavy (non-hydrogen) atoms. The molecule has 1 heterocycles. The molecule has 7 nitrogen and oxygen atoms in total. The Morgan fingerprint density at radius 3 is 2.50 bits per heavy atom. The first kappa shape index (κ1) is 22.1. The summed E-state index contributed by atoms with van der Waals surface area (Å²) in [6, 6.07) is 11.9. The lowest BCUT2D eigenvalue weighted by Gasteiger charge is -2.11. The molecule has 0 N–H and O–H groups in total. The van der Waals surface area contributed by atoms with Crippen LogP contribution >= 0.6 is 0 Å². The van der Waals surface area contributed by atoms with Gasteiger partial charge in [-0.3, -0.25) is 0 Å². The van der Waals surface area contributed by atoms with Crippen LogP contribution in [0.4, 0.5) is 0 Å². The molecule has 2 aromatic rings. The summed E-state index contributed by atoms with van der Waals surface area (Å²) in [5.74, 6) is 1.23. The zero-order chi connectivity index (χ0) is 21.2. The van der Waals surface area contributed by atoms with Crippen LogP contribution < -0.4 is 9.47 Å². The molecule has 0 aromatic heterocycles. The highest BCUT2D eigenvalue weighted by Crippen LogP contribution is 2.29. The largest absolute Gasteiger partial charge is 0.491 e. The molecule has 0 radical (unpaired) electrons. The van der Waals surface area contributed by atoms with Crippen molar-refractivity contribution < 1.29 is 33.2 Å². The van der Waals surface area contributed by atoms with Gasteiger partial charge in [0.05, 0.1) is 33.0 Å². The molecule has 1 aliphatic heterocycles. The third-order valence-corrected chi connectivity index (χ3v) is 4.32. The van der Waals surface area contributed by atoms with Crippen molar-refractivity contribution in [2.75, 3.05) is 52.9 Å². The summed E-state index contributed by atoms with van der Waals surface area (Å²) >= 11 is 0. The lowest BCUT2D eigenvalue weighted by Crippen LogP contribution is -2.14. The molecule has 7 heteroatoms. The summed E-state index contributed by atoms with van der Waals surface area (Å²) in [6.45, 7) is 8.78. The summed E-state index contributed by atoms with van der Waals surface area (Å²) in [7, 11) is 0. The Hall–Kier alpha value is -2.61. The average Bonchev–Trinajstić information content (AvgIpc) is 3.57. The maximum absolute atomic E-state index is 11.2. The van der Waals surface area contributed by atoms with Crippen LogP contribution in [0.1, 0.15) is 6.92 Å². The van der Waals surface area contributed by atoms with E-state index >= 15 is 0 Å². The minimum absolute atomic E-state index is 0.205. The number of hydrogen-bond acceptors (Lipinski definition) is 7. The molecule has 162 valence electrons. The highest BCUT2D eigenvalue weighted by atomic mass is 16.6. The molecule has 1 fully saturated rings. The summed E-state index contributed by atoms with van der Waals surface area (Å²) in [5.41, 5.74) is 0.377. The average molecular weight is 416 g/mol. The molecule has 1 unspecified atom stereocenters. The molecule has 0 amide bonds. The Morgan fingerprint density at radius 1 is 1.03 bits per heavy atom. The lowest BCUT2D eigenvalue weighted by molar-refractivity contribution is -0.140. The van der Waals surface area contributed by atoms with Gasteiger partial charge < -0.3 is 28.4 Å². The van der Waals surface area contributed by atoms with Gasteiger partial charge in [0.1, 0.15) is 37.4 Å². The van der Waals surface area contributed by atoms with E-state index in [0.29, 0.717) is 45.2 Å². The standard InChI is InChI=1S/C23H28O7/c1-17(2)23(24)28-13-11-26-9-8-25-10-12-27-22-5-3-4-18-14-19(6-7-21(18)22)29-15-20-16-30-20/h3-7,14,20H,1,8-13,15-16H2,2H3. The van der Waals surface area contributed by atoms with Gasteiger partial charge in [0.15, 0.2) is 0 Å². The van der Waals surface area contributed by atoms with Crippen LogP contribution in [0.2, 0.25) is 0 Å². The second-order valence-electron chi connectivity index (χ2n) is 6.89. The van der Waals surface area contributed by atoms with Crippen LogP contribution in [0.5, 0.6) is 11.5 Å². The second kappa shape index (κ2) is 11.5. The van der Waals surface area contributed by atoms with E-state index in [-0.39, 0.29) is 12.7 Å². The number of esters is 1. The van der Waals surface area contributed by atoms with Gasteiger partial charge in [-0.2, -0.15) is 0 Å². The number of fused-ring (bicyclic) bond motifs is 1. The van der Waals surface area contributed by atoms with Crippen LogP contribution in [0, 0.1) is 0 Å². The third-order valence-electron chi connectivity index (χ3n) is 4.32. The van der Waals surface area contributed by atoms with Crippen LogP contribution in [-0.4, -0.2) is 64.9 Å². The molecule has 1 atom stereocenters. The van der Waals surface area contributed by atoms with Crippen molar-refractivity contribution in [3.8, 4) is 11.5 Å². The Balaban J connectivity index is 1.30. The first-order chi connectivity index (χ1) is 14.6. The summed E-state index contributed by atoms with van der Waals surface area (Å²) < 4.78 is 32.5. The van der Waals surface area contributed by atoms with Crippen molar-refractivity contribution in [1.82, 2.24) is 0 Å². The molecular weight excluding hydrogens is 388 g/mol. The maximum atomic E-state index is 11.2. The van der Waals surface area contributed by atoms with E-state index in [2.05, 4.69) is 6.58 Å². The highest BCUT2D eigenvalue weighted by Gasteiger charge is 2.23. The van der Waals surface area contributed by atoms with E-state index in [1.807, 2.05) is 36.4 Å². The molecule has 0 bridgehead atoms. The van der Waals surface area contributed by atoms with Crippen LogP contribution in [0.15, 0.2) is 48.6 Å². The molecule has 1 saturated heterocycles. The van der Waals surface area contributed by atoms with Gasteiger partial charge in [-0.05, 0) is 36.6 Å². The quantitative estimate of drug-likeness (QED) is 0.203. The van der Waals surface area contributed by atoms with E-state index in [1.165, 1.54) is 0 Å². The lowest BCUT2D eigenvalue weighted by atomic mass is 10.1. The molecular formula is C23H28O7. The second-order valence-corrected chi connectivity index (χ2v) is 6.89. The molecule has 2 aromatic carbocycles. The van der Waals surface area contributed by atoms with Gasteiger partial charge in [0.25, 0.3) is 0 Å². The van der Waals surface area contributed by atoms with Crippen LogP contribution in [0.3, 0.4) is 0 Å². The van der Waals surface area contributed by atoms with Gasteiger partial charge in [-0.15, -0.1) is 0 Å². The van der Waals surface area contributed by atoms with Crippen LogP contribution in [0.25, 0.3) is 10.8 Å². The van der Waals surface area contributed by atoms with E-state index in [9.17, 15) is 4.79 Å². The number of hydrogen-bond donors (Lipinski definition) is 0. The van der Waals surface area contributed by atoms with Crippen molar-refractivity contribution in [2.45, 2.75) is 13.0 Å². The van der Waals surface area contributed by atoms with Crippen molar-refractivity contribution in [3.05, 3.63) is 48.6 Å². The maximum Gasteiger partial charge on any atom is 0.333 e. The fourth-order valence-electron chi connectivity index (χ4n) is 2.65. The molecule has 0 saturated carbocycles. The van der Waals surface area contributed by atoms with Crippen molar-refractivity contribution >= 4 is 16.7 Å². The van der Waals surface area contributed by atoms with E-state index in [0.717, 1.165) is 28.9 Å². The summed E-state index contributed by atoms with van der Waals surface area (Å²) in [5, 5.41) is 2.09. The number of ether oxygens (including phenoxy) is 6. The Labute approximate surface area is 176 Å². The number of epoxide rings is 1. The Kier molecular flexibility index (Phi) is 8.50. The fraction of sp³-hybridized carbons (Fsp3) is 0.435. The van der Waals surface area contributed by atoms with Gasteiger partial charge in [0, 0.05) is 11.0 Å². The minimum atomic E-state index is -0.406. The van der Waals surface area contributed by atoms with E-state index in [4.69, 9.17) is 28.4 Å². The van der Waals surface area contributed by atoms with Gasteiger partial charge in [0.2, 0.25) is 0 Å². The minimum Gasteiger partial charge on any atom is -0.491 e. The van der Waals surface area contributed by atoms with Crippen molar-refractivity contribution in [1.29, 1.82) is 0 Å². The summed E-state index contributed by atoms with van der Waals surface area (Å²) in [4.78, 5) is 11.2. The molecule has 3 rings (SSSR count). The Bertz CT molecular complexity index is 845. The Morgan fingerprint density at radius 2 is 1.77 bits per heavy atom. The van der Waals surface area contributed by atoms with E-state index < -0.39 is 5.97 Å². The molecule has 0 aliphatic carbocycles. The number of benzene rings is 2. The highest BCUT2D eigenvalue weighted by molar-refractivity contribution is 5.89. The first-order valence-electron chi connectivity index (χ1n) is 10.0. The fourth-order valence-corrected chi connectivity index (χ4v) is 2.65. The van der Waals surface area contributed by atoms with Gasteiger partial charge in [-0.1, -0.05) is 18.7 Å². The first-order valence-corrected chi connectivity index (χ1v) is 10.0. The van der Waals surface area contributed by atoms with Crippen LogP contribution in [-0.2, 0) is 23.7 Å². The normalized spacial score (nSPS) is 15.0. The van der Waals surface area contributed by atoms with Gasteiger partial charge >= 0.3 is 5.97 Å². The molecule has 1 aliphatic rings. The van der Waals surface area contributed by atoms with Gasteiger partial charge in [-0.25, -0.2) is 4.79 Å². The SMILES string of the molecule is C=C(C)C(=O)OCCOCCOCCOc1cccc2cc(OCC3CO3)ccc12. The topological polar surface area (TPSA) is 75.8 Å². The van der Waals surface area contributed by atoms with Crippen molar-refractivity contribution in [2.24, 2.45) is 0 Å². The zero-order valence-electron chi connectivity index (χ0n) is 17.3. The number of carbonyl (C=O) groups excluding carboxylic acids is 1. The summed E-state index contributed by atoms with van der Waals surface area (Å²) in [6.07, 6.45) is 0.236. The smallest absolute Gasteiger partial charge is 0.333 e. The number of carbonyl (C=O) groups is 1. The number of rotatable bonds is 14. The predicted octanol–water partition coefficient (Wildman–Crippen LogP) is 3.15. The zero-order valence-corrected chi connectivity index (χ0v) is 17.3. The monoisotopic (exact) mass is 416 g/mol. The van der Waals surface area contributed by atoms with E-state index in [1.54, 1.807) is 6.92 Å². The predicted molar refractivity (Wildman–Crippen MR) is 112 cm³/mol.